The van der Waals surface area contributed by atoms with Gasteiger partial charge in [0.1, 0.15) is 5.75 Å². The third-order valence-electron chi connectivity index (χ3n) is 4.11. The predicted octanol–water partition coefficient (Wildman–Crippen LogP) is 4.53. The summed E-state index contributed by atoms with van der Waals surface area (Å²) in [5, 5.41) is 0.984. The Morgan fingerprint density at radius 3 is 2.64 bits per heavy atom. The molecule has 0 aliphatic heterocycles. The molecule has 0 amide bonds. The number of fused-ring (bicyclic) bond motifs is 1. The Bertz CT molecular complexity index is 846. The van der Waals surface area contributed by atoms with E-state index in [1.165, 1.54) is 5.56 Å². The molecule has 3 rings (SSSR count). The number of carbonyl (C=O) groups excluding carboxylic acids is 1. The largest absolute Gasteiger partial charge is 0.496 e. The zero-order valence-corrected chi connectivity index (χ0v) is 13.1. The second-order valence-electron chi connectivity index (χ2n) is 5.45. The highest BCUT2D eigenvalue weighted by Gasteiger charge is 2.14. The van der Waals surface area contributed by atoms with Gasteiger partial charge in [-0.3, -0.25) is 4.79 Å². The smallest absolute Gasteiger partial charge is 0.152 e. The van der Waals surface area contributed by atoms with E-state index in [1.54, 1.807) is 7.11 Å². The lowest BCUT2D eigenvalue weighted by Crippen LogP contribution is -1.89. The lowest BCUT2D eigenvalue weighted by atomic mass is 10.0. The lowest BCUT2D eigenvalue weighted by molar-refractivity contribution is 0.112. The summed E-state index contributed by atoms with van der Waals surface area (Å²) < 4.78 is 5.30. The number of hydrogen-bond acceptors (Lipinski definition) is 2. The number of ether oxygens (including phenoxy) is 1. The molecule has 3 nitrogen and oxygen atoms in total. The van der Waals surface area contributed by atoms with Crippen molar-refractivity contribution in [3.05, 3.63) is 53.1 Å². The van der Waals surface area contributed by atoms with Gasteiger partial charge in [0.25, 0.3) is 0 Å². The molecule has 0 saturated heterocycles. The first-order valence-corrected chi connectivity index (χ1v) is 7.42. The van der Waals surface area contributed by atoms with Crippen LogP contribution < -0.4 is 4.74 Å². The van der Waals surface area contributed by atoms with E-state index < -0.39 is 0 Å². The van der Waals surface area contributed by atoms with Gasteiger partial charge in [0, 0.05) is 16.5 Å². The molecule has 22 heavy (non-hydrogen) atoms. The second kappa shape index (κ2) is 5.68. The number of hydrogen-bond donors (Lipinski definition) is 1. The molecule has 0 radical (unpaired) electrons. The summed E-state index contributed by atoms with van der Waals surface area (Å²) in [5.41, 5.74) is 5.84. The molecule has 1 aromatic heterocycles. The average Bonchev–Trinajstić information content (AvgIpc) is 2.92. The van der Waals surface area contributed by atoms with Crippen LogP contribution in [0.1, 0.15) is 28.4 Å². The lowest BCUT2D eigenvalue weighted by Gasteiger charge is -2.07. The summed E-state index contributed by atoms with van der Waals surface area (Å²) >= 11 is 0. The fourth-order valence-corrected chi connectivity index (χ4v) is 2.86. The molecular weight excluding hydrogens is 274 g/mol. The van der Waals surface area contributed by atoms with Crippen LogP contribution in [0, 0.1) is 6.92 Å². The molecule has 3 aromatic rings. The topological polar surface area (TPSA) is 42.1 Å². The van der Waals surface area contributed by atoms with Crippen molar-refractivity contribution in [2.75, 3.05) is 7.11 Å². The quantitative estimate of drug-likeness (QED) is 0.718. The van der Waals surface area contributed by atoms with Crippen molar-refractivity contribution in [2.45, 2.75) is 20.3 Å². The van der Waals surface area contributed by atoms with Crippen LogP contribution in [0.15, 0.2) is 36.4 Å². The molecule has 0 fully saturated rings. The van der Waals surface area contributed by atoms with E-state index in [1.807, 2.05) is 31.2 Å². The zero-order valence-electron chi connectivity index (χ0n) is 13.1. The Labute approximate surface area is 129 Å². The standard InChI is InChI=1S/C19H19NO2/c1-4-13-5-7-17-15(10-13)16(11-21)19(20-17)14-6-8-18(22-3)12(2)9-14/h5-11,20H,4H2,1-3H3. The monoisotopic (exact) mass is 293 g/mol. The number of nitrogens with one attached hydrogen (secondary N) is 1. The van der Waals surface area contributed by atoms with Gasteiger partial charge in [-0.05, 0) is 60.4 Å². The highest BCUT2D eigenvalue weighted by atomic mass is 16.5. The average molecular weight is 293 g/mol. The molecule has 1 heterocycles. The third-order valence-corrected chi connectivity index (χ3v) is 4.11. The number of carbonyl (C=O) groups is 1. The van der Waals surface area contributed by atoms with E-state index >= 15 is 0 Å². The Morgan fingerprint density at radius 2 is 2.00 bits per heavy atom. The molecular formula is C19H19NO2. The summed E-state index contributed by atoms with van der Waals surface area (Å²) in [7, 11) is 1.66. The first-order valence-electron chi connectivity index (χ1n) is 7.42. The molecule has 0 aliphatic rings. The molecule has 1 N–H and O–H groups in total. The fraction of sp³-hybridized carbons (Fsp3) is 0.211. The minimum absolute atomic E-state index is 0.717. The highest BCUT2D eigenvalue weighted by molar-refractivity contribution is 6.04. The number of rotatable bonds is 4. The van der Waals surface area contributed by atoms with E-state index in [-0.39, 0.29) is 0 Å². The summed E-state index contributed by atoms with van der Waals surface area (Å²) in [5.74, 6) is 0.848. The van der Waals surface area contributed by atoms with Crippen molar-refractivity contribution in [1.82, 2.24) is 4.98 Å². The Balaban J connectivity index is 2.22. The van der Waals surface area contributed by atoms with Gasteiger partial charge in [-0.1, -0.05) is 13.0 Å². The van der Waals surface area contributed by atoms with Crippen molar-refractivity contribution in [3.8, 4) is 17.0 Å². The van der Waals surface area contributed by atoms with Crippen LogP contribution in [0.4, 0.5) is 0 Å². The van der Waals surface area contributed by atoms with Gasteiger partial charge >= 0.3 is 0 Å². The highest BCUT2D eigenvalue weighted by Crippen LogP contribution is 2.32. The van der Waals surface area contributed by atoms with Crippen LogP contribution in [0.3, 0.4) is 0 Å². The van der Waals surface area contributed by atoms with Crippen molar-refractivity contribution < 1.29 is 9.53 Å². The van der Waals surface area contributed by atoms with Crippen LogP contribution in [0.25, 0.3) is 22.2 Å². The number of methoxy groups -OCH3 is 1. The van der Waals surface area contributed by atoms with E-state index in [0.717, 1.165) is 51.7 Å². The van der Waals surface area contributed by atoms with Crippen LogP contribution in [-0.4, -0.2) is 18.4 Å². The summed E-state index contributed by atoms with van der Waals surface area (Å²) in [6.07, 6.45) is 1.89. The number of benzene rings is 2. The second-order valence-corrected chi connectivity index (χ2v) is 5.45. The summed E-state index contributed by atoms with van der Waals surface area (Å²) in [6, 6.07) is 12.2. The van der Waals surface area contributed by atoms with Gasteiger partial charge < -0.3 is 9.72 Å². The first kappa shape index (κ1) is 14.4. The van der Waals surface area contributed by atoms with Gasteiger partial charge in [0.05, 0.1) is 12.8 Å². The van der Waals surface area contributed by atoms with E-state index in [4.69, 9.17) is 4.74 Å². The Kier molecular flexibility index (Phi) is 3.72. The molecule has 0 bridgehead atoms. The Morgan fingerprint density at radius 1 is 1.18 bits per heavy atom. The maximum atomic E-state index is 11.6. The third kappa shape index (κ3) is 2.29. The van der Waals surface area contributed by atoms with Gasteiger partial charge in [0.15, 0.2) is 6.29 Å². The summed E-state index contributed by atoms with van der Waals surface area (Å²) in [4.78, 5) is 15.0. The van der Waals surface area contributed by atoms with Crippen molar-refractivity contribution >= 4 is 17.2 Å². The zero-order chi connectivity index (χ0) is 15.7. The van der Waals surface area contributed by atoms with Crippen LogP contribution in [0.5, 0.6) is 5.75 Å². The molecule has 0 saturated carbocycles. The molecule has 112 valence electrons. The van der Waals surface area contributed by atoms with Gasteiger partial charge in [-0.2, -0.15) is 0 Å². The summed E-state index contributed by atoms with van der Waals surface area (Å²) in [6.45, 7) is 4.11. The molecule has 2 aromatic carbocycles. The first-order chi connectivity index (χ1) is 10.7. The fourth-order valence-electron chi connectivity index (χ4n) is 2.86. The molecule has 0 aliphatic carbocycles. The molecule has 0 spiro atoms. The van der Waals surface area contributed by atoms with Gasteiger partial charge in [-0.15, -0.1) is 0 Å². The predicted molar refractivity (Wildman–Crippen MR) is 89.8 cm³/mol. The minimum atomic E-state index is 0.717. The minimum Gasteiger partial charge on any atom is -0.496 e. The number of aldehydes is 1. The molecule has 3 heteroatoms. The molecule has 0 unspecified atom stereocenters. The van der Waals surface area contributed by atoms with E-state index in [9.17, 15) is 4.79 Å². The van der Waals surface area contributed by atoms with Crippen LogP contribution in [-0.2, 0) is 6.42 Å². The van der Waals surface area contributed by atoms with E-state index in [2.05, 4.69) is 24.0 Å². The maximum Gasteiger partial charge on any atom is 0.152 e. The SMILES string of the molecule is CCc1ccc2[nH]c(-c3ccc(OC)c(C)c3)c(C=O)c2c1. The van der Waals surface area contributed by atoms with Gasteiger partial charge in [0.2, 0.25) is 0 Å². The van der Waals surface area contributed by atoms with E-state index in [0.29, 0.717) is 0 Å². The van der Waals surface area contributed by atoms with Crippen molar-refractivity contribution in [3.63, 3.8) is 0 Å². The maximum absolute atomic E-state index is 11.6. The number of aryl methyl sites for hydroxylation is 2. The number of aromatic amines is 1. The Hall–Kier alpha value is -2.55. The van der Waals surface area contributed by atoms with Crippen LogP contribution >= 0.6 is 0 Å². The van der Waals surface area contributed by atoms with Gasteiger partial charge in [-0.25, -0.2) is 0 Å². The van der Waals surface area contributed by atoms with Crippen LogP contribution in [0.2, 0.25) is 0 Å². The number of H-pyrrole nitrogens is 1. The molecule has 0 atom stereocenters. The normalized spacial score (nSPS) is 10.9. The van der Waals surface area contributed by atoms with Crippen molar-refractivity contribution in [2.24, 2.45) is 0 Å². The number of aromatic nitrogens is 1. The van der Waals surface area contributed by atoms with Crippen molar-refractivity contribution in [1.29, 1.82) is 0 Å².